The van der Waals surface area contributed by atoms with E-state index in [1.165, 1.54) is 5.56 Å². The van der Waals surface area contributed by atoms with Crippen LogP contribution >= 0.6 is 7.37 Å². The van der Waals surface area contributed by atoms with Gasteiger partial charge in [0.2, 0.25) is 0 Å². The van der Waals surface area contributed by atoms with Crippen molar-refractivity contribution in [2.24, 2.45) is 0 Å². The van der Waals surface area contributed by atoms with Gasteiger partial charge in [0.15, 0.2) is 11.5 Å². The smallest absolute Gasteiger partial charge is 0.306 e. The summed E-state index contributed by atoms with van der Waals surface area (Å²) >= 11 is 0. The molecule has 1 saturated heterocycles. The maximum absolute atomic E-state index is 14.2. The van der Waals surface area contributed by atoms with Crippen LogP contribution in [0.25, 0.3) is 0 Å². The van der Waals surface area contributed by atoms with E-state index in [9.17, 15) is 4.57 Å². The van der Waals surface area contributed by atoms with Crippen LogP contribution in [0.2, 0.25) is 0 Å². The van der Waals surface area contributed by atoms with Crippen LogP contribution in [0.3, 0.4) is 0 Å². The van der Waals surface area contributed by atoms with E-state index in [0.29, 0.717) is 16.4 Å². The van der Waals surface area contributed by atoms with Crippen molar-refractivity contribution in [1.82, 2.24) is 4.90 Å². The van der Waals surface area contributed by atoms with Crippen molar-refractivity contribution >= 4 is 23.7 Å². The van der Waals surface area contributed by atoms with Gasteiger partial charge in [-0.3, -0.25) is 9.46 Å². The summed E-state index contributed by atoms with van der Waals surface area (Å²) in [7, 11) is 0.0355. The van der Waals surface area contributed by atoms with Gasteiger partial charge in [0, 0.05) is 38.4 Å². The fourth-order valence-corrected chi connectivity index (χ4v) is 6.83. The second-order valence-electron chi connectivity index (χ2n) is 9.26. The molecular formula is C33H39N2O4P. The van der Waals surface area contributed by atoms with Crippen LogP contribution in [-0.4, -0.2) is 45.3 Å². The van der Waals surface area contributed by atoms with Crippen molar-refractivity contribution in [3.63, 3.8) is 0 Å². The number of hydrogen-bond acceptors (Lipinski definition) is 6. The Kier molecular flexibility index (Phi) is 10.3. The third-order valence-electron chi connectivity index (χ3n) is 6.85. The third-order valence-corrected chi connectivity index (χ3v) is 9.28. The minimum absolute atomic E-state index is 0.594. The highest BCUT2D eigenvalue weighted by Crippen LogP contribution is 2.45. The molecule has 0 spiro atoms. The van der Waals surface area contributed by atoms with E-state index in [-0.39, 0.29) is 0 Å². The number of rotatable bonds is 9. The Morgan fingerprint density at radius 1 is 0.675 bits per heavy atom. The largest absolute Gasteiger partial charge is 0.493 e. The first-order chi connectivity index (χ1) is 19.6. The molecule has 0 saturated carbocycles. The molecule has 4 aromatic rings. The second-order valence-corrected chi connectivity index (χ2v) is 11.6. The molecule has 0 unspecified atom stereocenters. The monoisotopic (exact) mass is 558 g/mol. The van der Waals surface area contributed by atoms with E-state index in [4.69, 9.17) is 14.0 Å². The Bertz CT molecular complexity index is 1330. The van der Waals surface area contributed by atoms with Crippen LogP contribution in [0.15, 0.2) is 103 Å². The maximum atomic E-state index is 14.2. The van der Waals surface area contributed by atoms with Gasteiger partial charge in [0.05, 0.1) is 24.8 Å². The highest BCUT2D eigenvalue weighted by atomic mass is 31.2. The topological polar surface area (TPSA) is 51.2 Å². The number of piperazine rings is 1. The second kappa shape index (κ2) is 14.1. The van der Waals surface area contributed by atoms with Crippen LogP contribution in [0.1, 0.15) is 19.4 Å². The summed E-state index contributed by atoms with van der Waals surface area (Å²) in [6, 6.07) is 32.9. The van der Waals surface area contributed by atoms with Gasteiger partial charge in [0.25, 0.3) is 0 Å². The number of benzene rings is 4. The molecule has 0 aliphatic carbocycles. The molecule has 0 radical (unpaired) electrons. The summed E-state index contributed by atoms with van der Waals surface area (Å²) in [4.78, 5) is 4.83. The van der Waals surface area contributed by atoms with E-state index in [1.54, 1.807) is 14.2 Å². The summed E-state index contributed by atoms with van der Waals surface area (Å²) < 4.78 is 31.2. The number of hydrogen-bond donors (Lipinski definition) is 0. The number of ether oxygens (including phenoxy) is 2. The van der Waals surface area contributed by atoms with Crippen LogP contribution in [0.5, 0.6) is 17.2 Å². The number of anilines is 1. The minimum atomic E-state index is -3.28. The Balaban J connectivity index is 0.00000181. The Labute approximate surface area is 238 Å². The summed E-state index contributed by atoms with van der Waals surface area (Å²) in [6.45, 7) is 8.66. The average Bonchev–Trinajstić information content (AvgIpc) is 3.03. The van der Waals surface area contributed by atoms with Crippen molar-refractivity contribution in [3.05, 3.63) is 109 Å². The Morgan fingerprint density at radius 2 is 1.23 bits per heavy atom. The molecule has 0 atom stereocenters. The van der Waals surface area contributed by atoms with E-state index in [2.05, 4.69) is 28.0 Å². The van der Waals surface area contributed by atoms with Crippen molar-refractivity contribution in [1.29, 1.82) is 0 Å². The van der Waals surface area contributed by atoms with Gasteiger partial charge >= 0.3 is 7.37 Å². The fraction of sp³-hybridized carbons (Fsp3) is 0.273. The van der Waals surface area contributed by atoms with E-state index in [0.717, 1.165) is 49.9 Å². The molecule has 0 bridgehead atoms. The molecule has 1 fully saturated rings. The molecule has 0 aromatic heterocycles. The molecular weight excluding hydrogens is 519 g/mol. The third kappa shape index (κ3) is 6.88. The van der Waals surface area contributed by atoms with Crippen molar-refractivity contribution in [2.75, 3.05) is 45.3 Å². The van der Waals surface area contributed by atoms with Crippen LogP contribution in [-0.2, 0) is 11.1 Å². The van der Waals surface area contributed by atoms with Crippen LogP contribution in [0.4, 0.5) is 5.69 Å². The van der Waals surface area contributed by atoms with Crippen molar-refractivity contribution in [3.8, 4) is 17.2 Å². The van der Waals surface area contributed by atoms with Crippen molar-refractivity contribution < 1.29 is 18.6 Å². The molecule has 210 valence electrons. The highest BCUT2D eigenvalue weighted by Gasteiger charge is 2.30. The lowest BCUT2D eigenvalue weighted by Crippen LogP contribution is -2.45. The standard InChI is InChI=1S/C31H33N2O4P.C2H6/c1-35-30-18-13-25(23-31(30)36-2)24-32-19-21-33(22-20-32)26-14-16-27(17-15-26)37-38(34,28-9-5-3-6-10-28)29-11-7-4-8-12-29;1-2/h3-18,23H,19-22,24H2,1-2H3;1-2H3. The zero-order valence-electron chi connectivity index (χ0n) is 23.8. The van der Waals surface area contributed by atoms with Gasteiger partial charge in [0.1, 0.15) is 5.75 Å². The fourth-order valence-electron chi connectivity index (χ4n) is 4.77. The van der Waals surface area contributed by atoms with Gasteiger partial charge in [-0.1, -0.05) is 56.3 Å². The normalized spacial score (nSPS) is 13.7. The predicted octanol–water partition coefficient (Wildman–Crippen LogP) is 6.36. The zero-order valence-corrected chi connectivity index (χ0v) is 24.7. The zero-order chi connectivity index (χ0) is 28.4. The van der Waals surface area contributed by atoms with Gasteiger partial charge in [-0.2, -0.15) is 0 Å². The van der Waals surface area contributed by atoms with Gasteiger partial charge in [-0.05, 0) is 66.2 Å². The summed E-state index contributed by atoms with van der Waals surface area (Å²) in [5.41, 5.74) is 2.34. The Hall–Kier alpha value is -3.73. The predicted molar refractivity (Wildman–Crippen MR) is 165 cm³/mol. The molecule has 5 rings (SSSR count). The van der Waals surface area contributed by atoms with E-state index < -0.39 is 7.37 Å². The summed E-state index contributed by atoms with van der Waals surface area (Å²) in [5, 5.41) is 1.36. The first-order valence-corrected chi connectivity index (χ1v) is 15.4. The quantitative estimate of drug-likeness (QED) is 0.223. The molecule has 4 aromatic carbocycles. The molecule has 40 heavy (non-hydrogen) atoms. The lowest BCUT2D eigenvalue weighted by molar-refractivity contribution is 0.249. The first kappa shape index (κ1) is 29.3. The van der Waals surface area contributed by atoms with E-state index in [1.807, 2.05) is 98.8 Å². The molecule has 1 aliphatic rings. The van der Waals surface area contributed by atoms with Gasteiger partial charge in [-0.25, -0.2) is 0 Å². The first-order valence-electron chi connectivity index (χ1n) is 13.8. The van der Waals surface area contributed by atoms with E-state index >= 15 is 0 Å². The lowest BCUT2D eigenvalue weighted by atomic mass is 10.1. The van der Waals surface area contributed by atoms with Crippen LogP contribution in [0, 0.1) is 0 Å². The van der Waals surface area contributed by atoms with Gasteiger partial charge in [-0.15, -0.1) is 0 Å². The summed E-state index contributed by atoms with van der Waals surface area (Å²) in [6.07, 6.45) is 0. The molecule has 0 amide bonds. The molecule has 7 heteroatoms. The lowest BCUT2D eigenvalue weighted by Gasteiger charge is -2.36. The highest BCUT2D eigenvalue weighted by molar-refractivity contribution is 7.74. The molecule has 0 N–H and O–H groups in total. The number of methoxy groups -OCH3 is 2. The maximum Gasteiger partial charge on any atom is 0.306 e. The molecule has 1 heterocycles. The van der Waals surface area contributed by atoms with Gasteiger partial charge < -0.3 is 18.9 Å². The summed E-state index contributed by atoms with van der Waals surface area (Å²) in [5.74, 6) is 2.10. The minimum Gasteiger partial charge on any atom is -0.493 e. The number of nitrogens with zero attached hydrogens (tertiary/aromatic N) is 2. The SMILES string of the molecule is CC.COc1ccc(CN2CCN(c3ccc(OP(=O)(c4ccccc4)c4ccccc4)cc3)CC2)cc1OC. The average molecular weight is 559 g/mol. The van der Waals surface area contributed by atoms with Crippen LogP contribution < -0.4 is 29.5 Å². The molecule has 1 aliphatic heterocycles. The molecule has 6 nitrogen and oxygen atoms in total. The Morgan fingerprint density at radius 3 is 1.75 bits per heavy atom. The van der Waals surface area contributed by atoms with Crippen molar-refractivity contribution in [2.45, 2.75) is 20.4 Å².